The molecule has 2 aliphatic heterocycles. The minimum Gasteiger partial charge on any atom is -0.334 e. The van der Waals surface area contributed by atoms with E-state index in [-0.39, 0.29) is 5.91 Å². The highest BCUT2D eigenvalue weighted by Crippen LogP contribution is 2.35. The van der Waals surface area contributed by atoms with Gasteiger partial charge < -0.3 is 10.2 Å². The van der Waals surface area contributed by atoms with Crippen LogP contribution in [-0.2, 0) is 0 Å². The van der Waals surface area contributed by atoms with Crippen molar-refractivity contribution in [2.45, 2.75) is 50.5 Å². The fourth-order valence-electron chi connectivity index (χ4n) is 4.43. The van der Waals surface area contributed by atoms with Gasteiger partial charge in [0.2, 0.25) is 0 Å². The van der Waals surface area contributed by atoms with Crippen LogP contribution in [0.15, 0.2) is 6.20 Å². The summed E-state index contributed by atoms with van der Waals surface area (Å²) in [5.74, 6) is 1.35. The van der Waals surface area contributed by atoms with E-state index in [9.17, 15) is 4.79 Å². The molecule has 21 heavy (non-hydrogen) atoms. The van der Waals surface area contributed by atoms with E-state index < -0.39 is 0 Å². The molecule has 0 radical (unpaired) electrons. The number of carbonyl (C=O) groups is 1. The van der Waals surface area contributed by atoms with E-state index in [1.807, 2.05) is 0 Å². The van der Waals surface area contributed by atoms with Crippen molar-refractivity contribution < 1.29 is 4.79 Å². The Morgan fingerprint density at radius 2 is 2.05 bits per heavy atom. The molecule has 0 spiro atoms. The maximum Gasteiger partial charge on any atom is 0.257 e. The van der Waals surface area contributed by atoms with Crippen LogP contribution >= 0.6 is 0 Å². The summed E-state index contributed by atoms with van der Waals surface area (Å²) >= 11 is 0. The Morgan fingerprint density at radius 1 is 1.19 bits per heavy atom. The topological polar surface area (TPSA) is 61.0 Å². The number of H-pyrrole nitrogens is 1. The van der Waals surface area contributed by atoms with Gasteiger partial charge in [0.1, 0.15) is 0 Å². The van der Waals surface area contributed by atoms with Gasteiger partial charge >= 0.3 is 0 Å². The third kappa shape index (κ3) is 2.27. The molecule has 2 saturated heterocycles. The van der Waals surface area contributed by atoms with Crippen molar-refractivity contribution in [1.82, 2.24) is 20.4 Å². The number of nitrogens with one attached hydrogen (secondary N) is 2. The minimum absolute atomic E-state index is 0.195. The van der Waals surface area contributed by atoms with Crippen molar-refractivity contribution in [1.29, 1.82) is 0 Å². The van der Waals surface area contributed by atoms with Crippen molar-refractivity contribution in [3.8, 4) is 0 Å². The van der Waals surface area contributed by atoms with E-state index in [0.29, 0.717) is 17.9 Å². The third-order valence-corrected chi connectivity index (χ3v) is 5.62. The highest BCUT2D eigenvalue weighted by Gasteiger charge is 2.41. The second kappa shape index (κ2) is 5.44. The molecule has 0 unspecified atom stereocenters. The Balaban J connectivity index is 1.56. The number of aromatic amines is 1. The lowest BCUT2D eigenvalue weighted by Crippen LogP contribution is -2.39. The van der Waals surface area contributed by atoms with Crippen LogP contribution in [0.25, 0.3) is 0 Å². The van der Waals surface area contributed by atoms with Gasteiger partial charge in [-0.3, -0.25) is 9.89 Å². The van der Waals surface area contributed by atoms with Crippen LogP contribution in [0.2, 0.25) is 0 Å². The van der Waals surface area contributed by atoms with Crippen LogP contribution in [0.5, 0.6) is 0 Å². The number of amides is 1. The van der Waals surface area contributed by atoms with Gasteiger partial charge in [0.15, 0.2) is 0 Å². The summed E-state index contributed by atoms with van der Waals surface area (Å²) in [7, 11) is 0. The van der Waals surface area contributed by atoms with E-state index >= 15 is 0 Å². The molecule has 0 bridgehead atoms. The van der Waals surface area contributed by atoms with Crippen molar-refractivity contribution in [2.24, 2.45) is 5.92 Å². The standard InChI is InChI=1S/C16H24N4O/c21-16(20-7-6-12-8-17-10-14(12)20)13-9-18-19-15(13)11-4-2-1-3-5-11/h9,11-12,14,17H,1-8,10H2,(H,18,19)/t12-,14+/m1/s1. The number of rotatable bonds is 2. The molecule has 1 amide bonds. The first kappa shape index (κ1) is 13.3. The van der Waals surface area contributed by atoms with Gasteiger partial charge in [0.25, 0.3) is 5.91 Å². The monoisotopic (exact) mass is 288 g/mol. The molecule has 3 aliphatic rings. The predicted molar refractivity (Wildman–Crippen MR) is 80.2 cm³/mol. The summed E-state index contributed by atoms with van der Waals surface area (Å²) < 4.78 is 0. The fraction of sp³-hybridized carbons (Fsp3) is 0.750. The van der Waals surface area contributed by atoms with E-state index in [4.69, 9.17) is 0 Å². The Morgan fingerprint density at radius 3 is 2.90 bits per heavy atom. The normalized spacial score (nSPS) is 29.8. The van der Waals surface area contributed by atoms with Gasteiger partial charge in [-0.15, -0.1) is 0 Å². The summed E-state index contributed by atoms with van der Waals surface area (Å²) in [4.78, 5) is 15.0. The summed E-state index contributed by atoms with van der Waals surface area (Å²) in [5, 5.41) is 10.7. The van der Waals surface area contributed by atoms with Crippen LogP contribution in [0.4, 0.5) is 0 Å². The zero-order chi connectivity index (χ0) is 14.2. The summed E-state index contributed by atoms with van der Waals surface area (Å²) in [5.41, 5.74) is 1.92. The molecule has 0 aromatic carbocycles. The average molecular weight is 288 g/mol. The van der Waals surface area contributed by atoms with Crippen LogP contribution in [0.3, 0.4) is 0 Å². The third-order valence-electron chi connectivity index (χ3n) is 5.62. The number of hydrogen-bond acceptors (Lipinski definition) is 3. The van der Waals surface area contributed by atoms with Gasteiger partial charge in [-0.2, -0.15) is 5.10 Å². The number of fused-ring (bicyclic) bond motifs is 1. The maximum absolute atomic E-state index is 13.0. The highest BCUT2D eigenvalue weighted by atomic mass is 16.2. The largest absolute Gasteiger partial charge is 0.334 e. The Bertz CT molecular complexity index is 520. The number of aromatic nitrogens is 2. The highest BCUT2D eigenvalue weighted by molar-refractivity contribution is 5.95. The average Bonchev–Trinajstić information content (AvgIpc) is 3.23. The smallest absolute Gasteiger partial charge is 0.257 e. The molecule has 1 aromatic heterocycles. The van der Waals surface area contributed by atoms with Crippen LogP contribution in [-0.4, -0.2) is 46.7 Å². The molecular weight excluding hydrogens is 264 g/mol. The van der Waals surface area contributed by atoms with Gasteiger partial charge in [-0.25, -0.2) is 0 Å². The lowest BCUT2D eigenvalue weighted by atomic mass is 9.85. The van der Waals surface area contributed by atoms with Crippen molar-refractivity contribution in [3.05, 3.63) is 17.5 Å². The molecule has 2 atom stereocenters. The minimum atomic E-state index is 0.195. The SMILES string of the molecule is O=C(c1cn[nH]c1C1CCCCC1)N1CC[C@@H]2CNC[C@@H]21. The lowest BCUT2D eigenvalue weighted by molar-refractivity contribution is 0.0735. The molecule has 2 N–H and O–H groups in total. The molecule has 1 aromatic rings. The second-order valence-electron chi connectivity index (χ2n) is 6.81. The predicted octanol–water partition coefficient (Wildman–Crippen LogP) is 1.89. The summed E-state index contributed by atoms with van der Waals surface area (Å²) in [6.07, 6.45) is 9.15. The first-order chi connectivity index (χ1) is 10.3. The van der Waals surface area contributed by atoms with Gasteiger partial charge in [-0.1, -0.05) is 19.3 Å². The first-order valence-corrected chi connectivity index (χ1v) is 8.39. The second-order valence-corrected chi connectivity index (χ2v) is 6.81. The number of likely N-dealkylation sites (tertiary alicyclic amines) is 1. The van der Waals surface area contributed by atoms with Crippen LogP contribution < -0.4 is 5.32 Å². The van der Waals surface area contributed by atoms with E-state index in [2.05, 4.69) is 20.4 Å². The van der Waals surface area contributed by atoms with Crippen molar-refractivity contribution >= 4 is 5.91 Å². The van der Waals surface area contributed by atoms with Gasteiger partial charge in [-0.05, 0) is 25.2 Å². The summed E-state index contributed by atoms with van der Waals surface area (Å²) in [6, 6.07) is 0.395. The molecule has 5 heteroatoms. The maximum atomic E-state index is 13.0. The Kier molecular flexibility index (Phi) is 3.45. The molecule has 3 fully saturated rings. The molecular formula is C16H24N4O. The van der Waals surface area contributed by atoms with E-state index in [1.54, 1.807) is 6.20 Å². The molecule has 3 heterocycles. The van der Waals surface area contributed by atoms with Gasteiger partial charge in [0.05, 0.1) is 17.5 Å². The van der Waals surface area contributed by atoms with Crippen molar-refractivity contribution in [2.75, 3.05) is 19.6 Å². The zero-order valence-corrected chi connectivity index (χ0v) is 12.5. The number of carbonyl (C=O) groups excluding carboxylic acids is 1. The van der Waals surface area contributed by atoms with Gasteiger partial charge in [0, 0.05) is 31.6 Å². The van der Waals surface area contributed by atoms with E-state index in [1.165, 1.54) is 32.1 Å². The number of hydrogen-bond donors (Lipinski definition) is 2. The number of nitrogens with zero attached hydrogens (tertiary/aromatic N) is 2. The molecule has 4 rings (SSSR count). The zero-order valence-electron chi connectivity index (χ0n) is 12.5. The molecule has 114 valence electrons. The Labute approximate surface area is 125 Å². The molecule has 5 nitrogen and oxygen atoms in total. The lowest BCUT2D eigenvalue weighted by Gasteiger charge is -2.25. The van der Waals surface area contributed by atoms with E-state index in [0.717, 1.165) is 37.3 Å². The van der Waals surface area contributed by atoms with Crippen LogP contribution in [0.1, 0.15) is 60.5 Å². The quantitative estimate of drug-likeness (QED) is 0.873. The summed E-state index contributed by atoms with van der Waals surface area (Å²) in [6.45, 7) is 2.92. The Hall–Kier alpha value is -1.36. The van der Waals surface area contributed by atoms with Crippen molar-refractivity contribution in [3.63, 3.8) is 0 Å². The molecule has 1 aliphatic carbocycles. The first-order valence-electron chi connectivity index (χ1n) is 8.39. The fourth-order valence-corrected chi connectivity index (χ4v) is 4.43. The molecule has 1 saturated carbocycles. The van der Waals surface area contributed by atoms with Crippen LogP contribution in [0, 0.1) is 5.92 Å².